The molecule has 0 aliphatic carbocycles. The standard InChI is InChI=1S/C22H27N3O2/c1-22(2,3)16-8-6-15(7-9-16)20-24-19-11-10-17(27-4)14-18(19)21(26)25(20)13-5-12-23/h6-11,14H,5,12-13,23H2,1-4H3. The third-order valence-corrected chi connectivity index (χ3v) is 4.76. The highest BCUT2D eigenvalue weighted by Crippen LogP contribution is 2.26. The molecule has 0 aliphatic rings. The van der Waals surface area contributed by atoms with E-state index in [4.69, 9.17) is 15.5 Å². The van der Waals surface area contributed by atoms with Crippen LogP contribution in [0.25, 0.3) is 22.3 Å². The number of ether oxygens (including phenoxy) is 1. The first kappa shape index (κ1) is 19.1. The normalized spacial score (nSPS) is 11.7. The Morgan fingerprint density at radius 3 is 2.41 bits per heavy atom. The molecule has 0 saturated heterocycles. The molecule has 27 heavy (non-hydrogen) atoms. The van der Waals surface area contributed by atoms with Gasteiger partial charge in [-0.3, -0.25) is 9.36 Å². The van der Waals surface area contributed by atoms with Gasteiger partial charge in [-0.05, 0) is 42.1 Å². The zero-order valence-electron chi connectivity index (χ0n) is 16.5. The zero-order valence-corrected chi connectivity index (χ0v) is 16.5. The SMILES string of the molecule is COc1ccc2nc(-c3ccc(C(C)(C)C)cc3)n(CCCN)c(=O)c2c1. The second-order valence-corrected chi connectivity index (χ2v) is 7.74. The molecule has 0 unspecified atom stereocenters. The van der Waals surface area contributed by atoms with Crippen molar-refractivity contribution < 1.29 is 4.74 Å². The van der Waals surface area contributed by atoms with Crippen LogP contribution in [-0.2, 0) is 12.0 Å². The van der Waals surface area contributed by atoms with Crippen molar-refractivity contribution in [3.05, 3.63) is 58.4 Å². The lowest BCUT2D eigenvalue weighted by molar-refractivity contribution is 0.415. The maximum Gasteiger partial charge on any atom is 0.261 e. The van der Waals surface area contributed by atoms with Gasteiger partial charge in [0.25, 0.3) is 5.56 Å². The highest BCUT2D eigenvalue weighted by molar-refractivity contribution is 5.81. The van der Waals surface area contributed by atoms with Gasteiger partial charge in [0.2, 0.25) is 0 Å². The van der Waals surface area contributed by atoms with E-state index in [2.05, 4.69) is 32.9 Å². The van der Waals surface area contributed by atoms with Crippen LogP contribution >= 0.6 is 0 Å². The average Bonchev–Trinajstić information content (AvgIpc) is 2.66. The second-order valence-electron chi connectivity index (χ2n) is 7.74. The van der Waals surface area contributed by atoms with Gasteiger partial charge in [-0.15, -0.1) is 0 Å². The fraction of sp³-hybridized carbons (Fsp3) is 0.364. The Labute approximate surface area is 159 Å². The molecule has 2 N–H and O–H groups in total. The summed E-state index contributed by atoms with van der Waals surface area (Å²) in [6, 6.07) is 13.7. The van der Waals surface area contributed by atoms with Crippen molar-refractivity contribution >= 4 is 10.9 Å². The number of benzene rings is 2. The van der Waals surface area contributed by atoms with Crippen LogP contribution in [0.2, 0.25) is 0 Å². The predicted octanol–water partition coefficient (Wildman–Crippen LogP) is 3.72. The van der Waals surface area contributed by atoms with Gasteiger partial charge in [-0.1, -0.05) is 45.0 Å². The van der Waals surface area contributed by atoms with E-state index in [0.717, 1.165) is 5.56 Å². The number of fused-ring (bicyclic) bond motifs is 1. The third-order valence-electron chi connectivity index (χ3n) is 4.76. The summed E-state index contributed by atoms with van der Waals surface area (Å²) < 4.78 is 6.99. The zero-order chi connectivity index (χ0) is 19.6. The summed E-state index contributed by atoms with van der Waals surface area (Å²) in [6.45, 7) is 7.60. The Kier molecular flexibility index (Phi) is 5.33. The molecular weight excluding hydrogens is 338 g/mol. The van der Waals surface area contributed by atoms with Crippen LogP contribution in [0.3, 0.4) is 0 Å². The maximum absolute atomic E-state index is 13.1. The first-order chi connectivity index (χ1) is 12.8. The summed E-state index contributed by atoms with van der Waals surface area (Å²) >= 11 is 0. The molecule has 0 amide bonds. The minimum atomic E-state index is -0.0674. The summed E-state index contributed by atoms with van der Waals surface area (Å²) in [5.74, 6) is 1.32. The number of hydrogen-bond donors (Lipinski definition) is 1. The van der Waals surface area contributed by atoms with E-state index in [0.29, 0.717) is 42.0 Å². The van der Waals surface area contributed by atoms with E-state index >= 15 is 0 Å². The monoisotopic (exact) mass is 365 g/mol. The number of rotatable bonds is 5. The van der Waals surface area contributed by atoms with Gasteiger partial charge in [0.05, 0.1) is 18.0 Å². The van der Waals surface area contributed by atoms with E-state index in [1.54, 1.807) is 17.7 Å². The quantitative estimate of drug-likeness (QED) is 0.748. The third kappa shape index (κ3) is 3.88. The summed E-state index contributed by atoms with van der Waals surface area (Å²) in [4.78, 5) is 17.9. The lowest BCUT2D eigenvalue weighted by Crippen LogP contribution is -2.25. The highest BCUT2D eigenvalue weighted by Gasteiger charge is 2.16. The van der Waals surface area contributed by atoms with Crippen molar-refractivity contribution in [2.24, 2.45) is 5.73 Å². The van der Waals surface area contributed by atoms with Crippen molar-refractivity contribution in [1.29, 1.82) is 0 Å². The Hall–Kier alpha value is -2.66. The molecule has 2 aromatic carbocycles. The molecule has 0 bridgehead atoms. The van der Waals surface area contributed by atoms with Crippen LogP contribution in [0, 0.1) is 0 Å². The van der Waals surface area contributed by atoms with Crippen LogP contribution in [0.4, 0.5) is 0 Å². The second kappa shape index (κ2) is 7.53. The minimum absolute atomic E-state index is 0.0674. The van der Waals surface area contributed by atoms with Gasteiger partial charge in [-0.2, -0.15) is 0 Å². The van der Waals surface area contributed by atoms with Crippen molar-refractivity contribution in [2.45, 2.75) is 39.2 Å². The number of aromatic nitrogens is 2. The van der Waals surface area contributed by atoms with Gasteiger partial charge in [0.1, 0.15) is 11.6 Å². The molecule has 142 valence electrons. The summed E-state index contributed by atoms with van der Waals surface area (Å²) in [6.07, 6.45) is 0.712. The van der Waals surface area contributed by atoms with Gasteiger partial charge < -0.3 is 10.5 Å². The number of methoxy groups -OCH3 is 1. The smallest absolute Gasteiger partial charge is 0.261 e. The molecule has 3 aromatic rings. The fourth-order valence-electron chi connectivity index (χ4n) is 3.12. The van der Waals surface area contributed by atoms with Gasteiger partial charge in [-0.25, -0.2) is 4.98 Å². The Morgan fingerprint density at radius 2 is 1.81 bits per heavy atom. The summed E-state index contributed by atoms with van der Waals surface area (Å²) in [5, 5.41) is 0.557. The van der Waals surface area contributed by atoms with Crippen LogP contribution < -0.4 is 16.0 Å². The van der Waals surface area contributed by atoms with E-state index < -0.39 is 0 Å². The number of nitrogens with two attached hydrogens (primary N) is 1. The largest absolute Gasteiger partial charge is 0.497 e. The van der Waals surface area contributed by atoms with E-state index in [1.807, 2.05) is 24.3 Å². The van der Waals surface area contributed by atoms with E-state index in [9.17, 15) is 4.79 Å². The molecular formula is C22H27N3O2. The van der Waals surface area contributed by atoms with Crippen LogP contribution in [0.15, 0.2) is 47.3 Å². The van der Waals surface area contributed by atoms with Crippen molar-refractivity contribution in [2.75, 3.05) is 13.7 Å². The minimum Gasteiger partial charge on any atom is -0.497 e. The summed E-state index contributed by atoms with van der Waals surface area (Å²) in [7, 11) is 1.59. The van der Waals surface area contributed by atoms with Gasteiger partial charge in [0.15, 0.2) is 0 Å². The Balaban J connectivity index is 2.19. The number of hydrogen-bond acceptors (Lipinski definition) is 4. The molecule has 1 aromatic heterocycles. The first-order valence-corrected chi connectivity index (χ1v) is 9.24. The fourth-order valence-corrected chi connectivity index (χ4v) is 3.12. The molecule has 3 rings (SSSR count). The predicted molar refractivity (Wildman–Crippen MR) is 110 cm³/mol. The average molecular weight is 365 g/mol. The summed E-state index contributed by atoms with van der Waals surface area (Å²) in [5.41, 5.74) is 8.53. The molecule has 0 spiro atoms. The van der Waals surface area contributed by atoms with Crippen LogP contribution in [0.1, 0.15) is 32.8 Å². The number of nitrogens with zero attached hydrogens (tertiary/aromatic N) is 2. The Morgan fingerprint density at radius 1 is 1.11 bits per heavy atom. The van der Waals surface area contributed by atoms with Gasteiger partial charge >= 0.3 is 0 Å². The molecule has 0 radical (unpaired) electrons. The topological polar surface area (TPSA) is 70.1 Å². The molecule has 0 aliphatic heterocycles. The van der Waals surface area contributed by atoms with Crippen molar-refractivity contribution in [1.82, 2.24) is 9.55 Å². The van der Waals surface area contributed by atoms with E-state index in [-0.39, 0.29) is 11.0 Å². The van der Waals surface area contributed by atoms with Crippen molar-refractivity contribution in [3.8, 4) is 17.1 Å². The first-order valence-electron chi connectivity index (χ1n) is 9.24. The molecule has 5 nitrogen and oxygen atoms in total. The molecule has 0 saturated carbocycles. The molecule has 0 atom stereocenters. The maximum atomic E-state index is 13.1. The highest BCUT2D eigenvalue weighted by atomic mass is 16.5. The van der Waals surface area contributed by atoms with E-state index in [1.165, 1.54) is 5.56 Å². The molecule has 0 fully saturated rings. The molecule has 1 heterocycles. The lowest BCUT2D eigenvalue weighted by Gasteiger charge is -2.20. The van der Waals surface area contributed by atoms with Crippen LogP contribution in [0.5, 0.6) is 5.75 Å². The van der Waals surface area contributed by atoms with Gasteiger partial charge in [0, 0.05) is 12.1 Å². The Bertz CT molecular complexity index is 999. The lowest BCUT2D eigenvalue weighted by atomic mass is 9.86. The van der Waals surface area contributed by atoms with Crippen molar-refractivity contribution in [3.63, 3.8) is 0 Å². The van der Waals surface area contributed by atoms with Crippen LogP contribution in [-0.4, -0.2) is 23.2 Å². The molecule has 5 heteroatoms.